The summed E-state index contributed by atoms with van der Waals surface area (Å²) in [5, 5.41) is 3.04. The summed E-state index contributed by atoms with van der Waals surface area (Å²) in [4.78, 5) is 42.4. The molecule has 31 heavy (non-hydrogen) atoms. The summed E-state index contributed by atoms with van der Waals surface area (Å²) in [6, 6.07) is -1.17. The summed E-state index contributed by atoms with van der Waals surface area (Å²) >= 11 is 0. The first-order valence-electron chi connectivity index (χ1n) is 11.4. The monoisotopic (exact) mass is 437 g/mol. The molecule has 1 saturated heterocycles. The van der Waals surface area contributed by atoms with Crippen molar-refractivity contribution in [1.29, 1.82) is 0 Å². The number of rotatable bonds is 8. The summed E-state index contributed by atoms with van der Waals surface area (Å²) in [6.45, 7) is 14.5. The fourth-order valence-electron chi connectivity index (χ4n) is 3.96. The van der Waals surface area contributed by atoms with Crippen molar-refractivity contribution in [2.75, 3.05) is 27.2 Å². The van der Waals surface area contributed by atoms with E-state index in [1.807, 2.05) is 41.7 Å². The summed E-state index contributed by atoms with van der Waals surface area (Å²) in [6.07, 6.45) is 4.70. The predicted octanol–water partition coefficient (Wildman–Crippen LogP) is 2.99. The lowest BCUT2D eigenvalue weighted by molar-refractivity contribution is -0.141. The third-order valence-electron chi connectivity index (χ3n) is 5.97. The molecule has 0 radical (unpaired) electrons. The van der Waals surface area contributed by atoms with E-state index >= 15 is 0 Å². The highest BCUT2D eigenvalue weighted by Gasteiger charge is 2.39. The summed E-state index contributed by atoms with van der Waals surface area (Å²) in [5.41, 5.74) is 0.00994. The topological polar surface area (TPSA) is 79.0 Å². The third-order valence-corrected chi connectivity index (χ3v) is 5.97. The van der Waals surface area contributed by atoms with Crippen LogP contribution in [0.2, 0.25) is 0 Å². The van der Waals surface area contributed by atoms with E-state index in [0.717, 1.165) is 25.8 Å². The molecule has 2 amide bonds. The Balaban J connectivity index is 3.10. The van der Waals surface area contributed by atoms with Gasteiger partial charge in [0.25, 0.3) is 0 Å². The zero-order valence-electron chi connectivity index (χ0n) is 20.9. The molecular weight excluding hydrogens is 394 g/mol. The van der Waals surface area contributed by atoms with Gasteiger partial charge in [0.15, 0.2) is 0 Å². The standard InChI is InChI=1S/C24H43N3O4/c1-10-31-23(30)17(4)15-19(16(2)3)27(9)22(29)20(24(5,6)7)25-21(28)18-13-11-12-14-26(18)8/h15-16,18-20H,10-14H2,1-9H3,(H,25,28)/b17-15+/t18-,19-,20?/m0/s1. The molecule has 1 N–H and O–H groups in total. The molecule has 1 aliphatic heterocycles. The van der Waals surface area contributed by atoms with Crippen LogP contribution in [0.1, 0.15) is 67.7 Å². The molecule has 178 valence electrons. The number of likely N-dealkylation sites (tertiary alicyclic amines) is 1. The number of ether oxygens (including phenoxy) is 1. The SMILES string of the molecule is CCOC(=O)/C(C)=C/[C@@H](C(C)C)N(C)C(=O)C(NC(=O)[C@@H]1CCCCN1C)C(C)(C)C. The van der Waals surface area contributed by atoms with E-state index < -0.39 is 11.5 Å². The summed E-state index contributed by atoms with van der Waals surface area (Å²) in [7, 11) is 3.70. The smallest absolute Gasteiger partial charge is 0.333 e. The van der Waals surface area contributed by atoms with Crippen LogP contribution >= 0.6 is 0 Å². The molecule has 3 atom stereocenters. The second kappa shape index (κ2) is 11.7. The Hall–Kier alpha value is -1.89. The first-order valence-corrected chi connectivity index (χ1v) is 11.4. The van der Waals surface area contributed by atoms with Gasteiger partial charge in [0.05, 0.1) is 18.7 Å². The Morgan fingerprint density at radius 2 is 1.84 bits per heavy atom. The molecule has 0 bridgehead atoms. The third kappa shape index (κ3) is 7.63. The van der Waals surface area contributed by atoms with Crippen LogP contribution < -0.4 is 5.32 Å². The zero-order chi connectivity index (χ0) is 23.9. The number of hydrogen-bond acceptors (Lipinski definition) is 5. The van der Waals surface area contributed by atoms with Crippen LogP contribution in [0.5, 0.6) is 0 Å². The van der Waals surface area contributed by atoms with Gasteiger partial charge in [-0.2, -0.15) is 0 Å². The van der Waals surface area contributed by atoms with Crippen molar-refractivity contribution < 1.29 is 19.1 Å². The van der Waals surface area contributed by atoms with Gasteiger partial charge in [-0.15, -0.1) is 0 Å². The number of nitrogens with one attached hydrogen (secondary N) is 1. The van der Waals surface area contributed by atoms with Crippen LogP contribution in [0.3, 0.4) is 0 Å². The van der Waals surface area contributed by atoms with Gasteiger partial charge in [-0.1, -0.05) is 47.1 Å². The molecule has 0 aliphatic carbocycles. The minimum absolute atomic E-state index is 0.0825. The number of nitrogens with zero attached hydrogens (tertiary/aromatic N) is 2. The molecule has 7 nitrogen and oxygen atoms in total. The van der Waals surface area contributed by atoms with Crippen molar-refractivity contribution >= 4 is 17.8 Å². The lowest BCUT2D eigenvalue weighted by Gasteiger charge is -2.39. The van der Waals surface area contributed by atoms with Crippen molar-refractivity contribution in [3.63, 3.8) is 0 Å². The van der Waals surface area contributed by atoms with Gasteiger partial charge in [-0.05, 0) is 51.6 Å². The normalized spacial score (nSPS) is 20.2. The molecule has 0 aromatic heterocycles. The maximum atomic E-state index is 13.6. The Bertz CT molecular complexity index is 666. The molecule has 0 spiro atoms. The molecule has 1 heterocycles. The average Bonchev–Trinajstić information content (AvgIpc) is 2.68. The number of carbonyl (C=O) groups is 3. The van der Waals surface area contributed by atoms with Gasteiger partial charge in [0.1, 0.15) is 6.04 Å². The zero-order valence-corrected chi connectivity index (χ0v) is 20.9. The molecule has 1 fully saturated rings. The van der Waals surface area contributed by atoms with Gasteiger partial charge in [0, 0.05) is 12.6 Å². The fraction of sp³-hybridized carbons (Fsp3) is 0.792. The maximum Gasteiger partial charge on any atom is 0.333 e. The minimum Gasteiger partial charge on any atom is -0.463 e. The lowest BCUT2D eigenvalue weighted by Crippen LogP contribution is -2.59. The van der Waals surface area contributed by atoms with Gasteiger partial charge in [-0.3, -0.25) is 14.5 Å². The molecule has 0 aromatic carbocycles. The van der Waals surface area contributed by atoms with Crippen molar-refractivity contribution in [1.82, 2.24) is 15.1 Å². The Morgan fingerprint density at radius 3 is 2.32 bits per heavy atom. The van der Waals surface area contributed by atoms with E-state index in [0.29, 0.717) is 12.2 Å². The first-order chi connectivity index (χ1) is 14.3. The second-order valence-corrected chi connectivity index (χ2v) is 10.1. The fourth-order valence-corrected chi connectivity index (χ4v) is 3.96. The van der Waals surface area contributed by atoms with Gasteiger partial charge < -0.3 is 15.0 Å². The van der Waals surface area contributed by atoms with Crippen LogP contribution in [0.15, 0.2) is 11.6 Å². The predicted molar refractivity (Wildman–Crippen MR) is 123 cm³/mol. The van der Waals surface area contributed by atoms with Crippen molar-refractivity contribution in [3.05, 3.63) is 11.6 Å². The number of carbonyl (C=O) groups excluding carboxylic acids is 3. The van der Waals surface area contributed by atoms with Crippen molar-refractivity contribution in [2.45, 2.75) is 85.9 Å². The van der Waals surface area contributed by atoms with E-state index in [1.54, 1.807) is 31.9 Å². The highest BCUT2D eigenvalue weighted by molar-refractivity contribution is 5.91. The summed E-state index contributed by atoms with van der Waals surface area (Å²) in [5.74, 6) is -0.553. The number of esters is 1. The van der Waals surface area contributed by atoms with E-state index in [2.05, 4.69) is 10.2 Å². The second-order valence-electron chi connectivity index (χ2n) is 10.1. The molecule has 0 saturated carbocycles. The van der Waals surface area contributed by atoms with Crippen LogP contribution in [-0.2, 0) is 19.1 Å². The minimum atomic E-state index is -0.669. The van der Waals surface area contributed by atoms with E-state index in [-0.39, 0.29) is 35.8 Å². The quantitative estimate of drug-likeness (QED) is 0.466. The van der Waals surface area contributed by atoms with Crippen LogP contribution in [-0.4, -0.2) is 73.0 Å². The molecule has 0 aromatic rings. The van der Waals surface area contributed by atoms with Gasteiger partial charge >= 0.3 is 5.97 Å². The highest BCUT2D eigenvalue weighted by Crippen LogP contribution is 2.25. The Labute approximate surface area is 188 Å². The number of amides is 2. The van der Waals surface area contributed by atoms with Gasteiger partial charge in [-0.25, -0.2) is 4.79 Å². The maximum absolute atomic E-state index is 13.6. The van der Waals surface area contributed by atoms with Crippen molar-refractivity contribution in [3.8, 4) is 0 Å². The van der Waals surface area contributed by atoms with Crippen molar-refractivity contribution in [2.24, 2.45) is 11.3 Å². The Kier molecular flexibility index (Phi) is 10.2. The molecule has 1 rings (SSSR count). The number of likely N-dealkylation sites (N-methyl/N-ethyl adjacent to an activating group) is 2. The molecule has 1 unspecified atom stereocenters. The van der Waals surface area contributed by atoms with E-state index in [9.17, 15) is 14.4 Å². The highest BCUT2D eigenvalue weighted by atomic mass is 16.5. The Morgan fingerprint density at radius 1 is 1.23 bits per heavy atom. The molecular formula is C24H43N3O4. The summed E-state index contributed by atoms with van der Waals surface area (Å²) < 4.78 is 5.08. The van der Waals surface area contributed by atoms with Crippen LogP contribution in [0.4, 0.5) is 0 Å². The van der Waals surface area contributed by atoms with E-state index in [4.69, 9.17) is 4.74 Å². The van der Waals surface area contributed by atoms with E-state index in [1.165, 1.54) is 0 Å². The van der Waals surface area contributed by atoms with Crippen LogP contribution in [0, 0.1) is 11.3 Å². The number of piperidine rings is 1. The molecule has 1 aliphatic rings. The van der Waals surface area contributed by atoms with Crippen LogP contribution in [0.25, 0.3) is 0 Å². The molecule has 7 heteroatoms. The lowest BCUT2D eigenvalue weighted by atomic mass is 9.84. The number of hydrogen-bond donors (Lipinski definition) is 1. The van der Waals surface area contributed by atoms with Gasteiger partial charge in [0.2, 0.25) is 11.8 Å². The average molecular weight is 438 g/mol. The largest absolute Gasteiger partial charge is 0.463 e. The first kappa shape index (κ1) is 27.1.